The van der Waals surface area contributed by atoms with Gasteiger partial charge in [0.2, 0.25) is 0 Å². The Morgan fingerprint density at radius 2 is 2.00 bits per heavy atom. The van der Waals surface area contributed by atoms with Gasteiger partial charge in [0.05, 0.1) is 0 Å². The molecule has 1 aliphatic heterocycles. The molecular formula is C18H23N. The van der Waals surface area contributed by atoms with Crippen LogP contribution in [-0.4, -0.2) is 24.0 Å². The standard InChI is InChI=1S/C18H23N/c1-3-8-16(9-4-1)14-18-12-7-13-19(18)15-17-10-5-2-6-11-17/h1,3-5,8-11,18H,2,6-7,12-15H2. The third-order valence-electron chi connectivity index (χ3n) is 4.27. The monoisotopic (exact) mass is 253 g/mol. The minimum Gasteiger partial charge on any atom is -0.296 e. The van der Waals surface area contributed by atoms with Crippen molar-refractivity contribution in [1.29, 1.82) is 0 Å². The van der Waals surface area contributed by atoms with Gasteiger partial charge in [-0.2, -0.15) is 0 Å². The number of likely N-dealkylation sites (tertiary alicyclic amines) is 1. The Balaban J connectivity index is 1.61. The van der Waals surface area contributed by atoms with Gasteiger partial charge in [0.15, 0.2) is 0 Å². The molecule has 3 rings (SSSR count). The minimum absolute atomic E-state index is 0.735. The van der Waals surface area contributed by atoms with Gasteiger partial charge in [-0.25, -0.2) is 0 Å². The van der Waals surface area contributed by atoms with Gasteiger partial charge >= 0.3 is 0 Å². The molecule has 1 nitrogen and oxygen atoms in total. The molecule has 1 saturated heterocycles. The number of rotatable bonds is 4. The summed E-state index contributed by atoms with van der Waals surface area (Å²) >= 11 is 0. The van der Waals surface area contributed by atoms with Crippen molar-refractivity contribution in [2.75, 3.05) is 13.1 Å². The van der Waals surface area contributed by atoms with Gasteiger partial charge in [0.25, 0.3) is 0 Å². The smallest absolute Gasteiger partial charge is 0.0233 e. The van der Waals surface area contributed by atoms with Gasteiger partial charge in [-0.1, -0.05) is 48.6 Å². The largest absolute Gasteiger partial charge is 0.296 e. The van der Waals surface area contributed by atoms with E-state index < -0.39 is 0 Å². The third-order valence-corrected chi connectivity index (χ3v) is 4.27. The van der Waals surface area contributed by atoms with E-state index >= 15 is 0 Å². The molecule has 0 aromatic heterocycles. The Morgan fingerprint density at radius 3 is 2.79 bits per heavy atom. The average molecular weight is 253 g/mol. The molecule has 1 atom stereocenters. The molecule has 0 N–H and O–H groups in total. The molecule has 1 heterocycles. The fourth-order valence-corrected chi connectivity index (χ4v) is 3.24. The van der Waals surface area contributed by atoms with E-state index in [-0.39, 0.29) is 0 Å². The molecular weight excluding hydrogens is 230 g/mol. The first-order chi connectivity index (χ1) is 9.42. The molecule has 0 spiro atoms. The second kappa shape index (κ2) is 6.21. The van der Waals surface area contributed by atoms with Crippen molar-refractivity contribution in [2.45, 2.75) is 38.1 Å². The van der Waals surface area contributed by atoms with E-state index in [1.54, 1.807) is 0 Å². The lowest BCUT2D eigenvalue weighted by Gasteiger charge is -2.25. The Hall–Kier alpha value is -1.34. The van der Waals surface area contributed by atoms with E-state index in [1.165, 1.54) is 49.8 Å². The molecule has 1 unspecified atom stereocenters. The van der Waals surface area contributed by atoms with Gasteiger partial charge in [-0.05, 0) is 49.8 Å². The maximum Gasteiger partial charge on any atom is 0.0233 e. The quantitative estimate of drug-likeness (QED) is 0.785. The van der Waals surface area contributed by atoms with Crippen LogP contribution in [0.15, 0.2) is 54.1 Å². The molecule has 100 valence electrons. The van der Waals surface area contributed by atoms with E-state index in [0.717, 1.165) is 12.6 Å². The summed E-state index contributed by atoms with van der Waals surface area (Å²) in [6.45, 7) is 2.41. The van der Waals surface area contributed by atoms with Crippen LogP contribution in [0.2, 0.25) is 0 Å². The maximum absolute atomic E-state index is 2.68. The van der Waals surface area contributed by atoms with Gasteiger partial charge in [-0.15, -0.1) is 0 Å². The normalized spacial score (nSPS) is 23.6. The molecule has 0 saturated carbocycles. The third kappa shape index (κ3) is 3.36. The van der Waals surface area contributed by atoms with Crippen molar-refractivity contribution < 1.29 is 0 Å². The van der Waals surface area contributed by atoms with Crippen LogP contribution in [0.25, 0.3) is 0 Å². The van der Waals surface area contributed by atoms with E-state index in [1.807, 2.05) is 0 Å². The Kier molecular flexibility index (Phi) is 4.14. The summed E-state index contributed by atoms with van der Waals surface area (Å²) in [6.07, 6.45) is 13.4. The van der Waals surface area contributed by atoms with Crippen LogP contribution in [0.5, 0.6) is 0 Å². The van der Waals surface area contributed by atoms with Crippen LogP contribution in [0.3, 0.4) is 0 Å². The fraction of sp³-hybridized carbons (Fsp3) is 0.444. The average Bonchev–Trinajstić information content (AvgIpc) is 2.88. The summed E-state index contributed by atoms with van der Waals surface area (Å²) in [6, 6.07) is 11.7. The van der Waals surface area contributed by atoms with Crippen molar-refractivity contribution in [3.8, 4) is 0 Å². The lowest BCUT2D eigenvalue weighted by atomic mass is 10.0. The molecule has 0 radical (unpaired) electrons. The van der Waals surface area contributed by atoms with Crippen molar-refractivity contribution in [3.63, 3.8) is 0 Å². The lowest BCUT2D eigenvalue weighted by Crippen LogP contribution is -2.32. The number of benzene rings is 1. The topological polar surface area (TPSA) is 3.24 Å². The molecule has 2 aliphatic rings. The molecule has 1 aliphatic carbocycles. The van der Waals surface area contributed by atoms with Crippen LogP contribution < -0.4 is 0 Å². The zero-order chi connectivity index (χ0) is 12.9. The van der Waals surface area contributed by atoms with Gasteiger partial charge in [0.1, 0.15) is 0 Å². The highest BCUT2D eigenvalue weighted by molar-refractivity contribution is 5.24. The highest BCUT2D eigenvalue weighted by atomic mass is 15.2. The van der Waals surface area contributed by atoms with Crippen LogP contribution in [-0.2, 0) is 6.42 Å². The first kappa shape index (κ1) is 12.7. The number of nitrogens with zero attached hydrogens (tertiary/aromatic N) is 1. The first-order valence-electron chi connectivity index (χ1n) is 7.55. The van der Waals surface area contributed by atoms with Crippen LogP contribution in [0.4, 0.5) is 0 Å². The maximum atomic E-state index is 2.68. The predicted octanol–water partition coefficient (Wildman–Crippen LogP) is 3.97. The van der Waals surface area contributed by atoms with Crippen molar-refractivity contribution in [2.24, 2.45) is 0 Å². The van der Waals surface area contributed by atoms with E-state index in [2.05, 4.69) is 53.5 Å². The van der Waals surface area contributed by atoms with E-state index in [0.29, 0.717) is 0 Å². The zero-order valence-corrected chi connectivity index (χ0v) is 11.6. The highest BCUT2D eigenvalue weighted by Crippen LogP contribution is 2.23. The highest BCUT2D eigenvalue weighted by Gasteiger charge is 2.24. The fourth-order valence-electron chi connectivity index (χ4n) is 3.24. The van der Waals surface area contributed by atoms with Crippen LogP contribution in [0.1, 0.15) is 31.2 Å². The summed E-state index contributed by atoms with van der Waals surface area (Å²) in [5.41, 5.74) is 3.00. The predicted molar refractivity (Wildman–Crippen MR) is 81.2 cm³/mol. The molecule has 1 fully saturated rings. The number of allylic oxidation sites excluding steroid dienone is 2. The summed E-state index contributed by atoms with van der Waals surface area (Å²) in [7, 11) is 0. The van der Waals surface area contributed by atoms with Crippen molar-refractivity contribution >= 4 is 0 Å². The molecule has 1 aromatic rings. The van der Waals surface area contributed by atoms with Crippen LogP contribution in [0, 0.1) is 0 Å². The number of hydrogen-bond acceptors (Lipinski definition) is 1. The van der Waals surface area contributed by atoms with Crippen molar-refractivity contribution in [1.82, 2.24) is 4.90 Å². The first-order valence-corrected chi connectivity index (χ1v) is 7.55. The summed E-state index contributed by atoms with van der Waals surface area (Å²) < 4.78 is 0. The zero-order valence-electron chi connectivity index (χ0n) is 11.6. The minimum atomic E-state index is 0.735. The lowest BCUT2D eigenvalue weighted by molar-refractivity contribution is 0.275. The SMILES string of the molecule is C1=CC(CN2CCCC2Cc2ccccc2)=CCC1. The van der Waals surface area contributed by atoms with Gasteiger partial charge < -0.3 is 0 Å². The Morgan fingerprint density at radius 1 is 1.11 bits per heavy atom. The van der Waals surface area contributed by atoms with Gasteiger partial charge in [-0.3, -0.25) is 4.90 Å². The molecule has 1 heteroatoms. The van der Waals surface area contributed by atoms with Crippen molar-refractivity contribution in [3.05, 3.63) is 59.7 Å². The van der Waals surface area contributed by atoms with Crippen LogP contribution >= 0.6 is 0 Å². The summed E-state index contributed by atoms with van der Waals surface area (Å²) in [5.74, 6) is 0. The number of hydrogen-bond donors (Lipinski definition) is 0. The molecule has 0 bridgehead atoms. The summed E-state index contributed by atoms with van der Waals surface area (Å²) in [4.78, 5) is 2.68. The van der Waals surface area contributed by atoms with E-state index in [9.17, 15) is 0 Å². The second-order valence-corrected chi connectivity index (χ2v) is 5.72. The summed E-state index contributed by atoms with van der Waals surface area (Å²) in [5, 5.41) is 0. The molecule has 0 amide bonds. The van der Waals surface area contributed by atoms with E-state index in [4.69, 9.17) is 0 Å². The molecule has 1 aromatic carbocycles. The Bertz CT molecular complexity index is 458. The molecule has 19 heavy (non-hydrogen) atoms. The van der Waals surface area contributed by atoms with Gasteiger partial charge in [0, 0.05) is 12.6 Å². The second-order valence-electron chi connectivity index (χ2n) is 5.72. The Labute approximate surface area is 116 Å².